The summed E-state index contributed by atoms with van der Waals surface area (Å²) < 4.78 is 5.38. The number of benzene rings is 1. The first kappa shape index (κ1) is 22.7. The van der Waals surface area contributed by atoms with Crippen LogP contribution in [0.15, 0.2) is 24.3 Å². The van der Waals surface area contributed by atoms with Crippen LogP contribution in [0.25, 0.3) is 0 Å². The van der Waals surface area contributed by atoms with Crippen molar-refractivity contribution in [1.82, 2.24) is 14.8 Å². The maximum atomic E-state index is 13.1. The largest absolute Gasteiger partial charge is 0.379 e. The zero-order valence-corrected chi connectivity index (χ0v) is 18.9. The molecule has 1 N–H and O–H groups in total. The van der Waals surface area contributed by atoms with Crippen LogP contribution in [0.4, 0.5) is 5.13 Å². The number of aryl methyl sites for hydroxylation is 2. The molecule has 30 heavy (non-hydrogen) atoms. The molecule has 1 aliphatic rings. The smallest absolute Gasteiger partial charge is 0.254 e. The van der Waals surface area contributed by atoms with Crippen molar-refractivity contribution in [3.05, 3.63) is 45.4 Å². The first-order chi connectivity index (χ1) is 14.4. The van der Waals surface area contributed by atoms with Crippen LogP contribution in [0, 0.1) is 13.8 Å². The van der Waals surface area contributed by atoms with E-state index in [0.717, 1.165) is 49.8 Å². The van der Waals surface area contributed by atoms with Gasteiger partial charge in [0.1, 0.15) is 6.54 Å². The quantitative estimate of drug-likeness (QED) is 0.668. The molecule has 0 aliphatic carbocycles. The molecular formula is C21H27ClN4O3S. The SMILES string of the molecule is Cc1nc(NC(=O)CN(CCCN2CCOCC2)C(=O)c2cccc(Cl)c2)sc1C. The van der Waals surface area contributed by atoms with E-state index in [-0.39, 0.29) is 18.4 Å². The molecule has 162 valence electrons. The number of anilines is 1. The molecule has 1 saturated heterocycles. The van der Waals surface area contributed by atoms with Gasteiger partial charge in [-0.3, -0.25) is 14.5 Å². The molecule has 2 heterocycles. The fourth-order valence-corrected chi connectivity index (χ4v) is 4.25. The second-order valence-corrected chi connectivity index (χ2v) is 8.89. The predicted octanol–water partition coefficient (Wildman–Crippen LogP) is 3.22. The van der Waals surface area contributed by atoms with Crippen LogP contribution in [0.2, 0.25) is 5.02 Å². The number of nitrogens with zero attached hydrogens (tertiary/aromatic N) is 3. The van der Waals surface area contributed by atoms with Crippen molar-refractivity contribution in [1.29, 1.82) is 0 Å². The summed E-state index contributed by atoms with van der Waals surface area (Å²) >= 11 is 7.48. The van der Waals surface area contributed by atoms with Crippen LogP contribution in [0.5, 0.6) is 0 Å². The van der Waals surface area contributed by atoms with Crippen LogP contribution in [0.1, 0.15) is 27.3 Å². The molecule has 1 aliphatic heterocycles. The van der Waals surface area contributed by atoms with Crippen LogP contribution in [-0.4, -0.2) is 72.5 Å². The summed E-state index contributed by atoms with van der Waals surface area (Å²) in [5.74, 6) is -0.466. The number of hydrogen-bond acceptors (Lipinski definition) is 6. The highest BCUT2D eigenvalue weighted by Gasteiger charge is 2.20. The number of ether oxygens (including phenoxy) is 1. The summed E-state index contributed by atoms with van der Waals surface area (Å²) in [4.78, 5) is 35.0. The summed E-state index contributed by atoms with van der Waals surface area (Å²) in [5.41, 5.74) is 1.37. The number of hydrogen-bond donors (Lipinski definition) is 1. The number of carbonyl (C=O) groups is 2. The highest BCUT2D eigenvalue weighted by molar-refractivity contribution is 7.15. The molecule has 0 unspecified atom stereocenters. The molecule has 2 aromatic rings. The van der Waals surface area contributed by atoms with Gasteiger partial charge in [0.05, 0.1) is 18.9 Å². The molecule has 3 rings (SSSR count). The average Bonchev–Trinajstić information content (AvgIpc) is 3.04. The fourth-order valence-electron chi connectivity index (χ4n) is 3.22. The normalized spacial score (nSPS) is 14.5. The number of rotatable bonds is 8. The first-order valence-electron chi connectivity index (χ1n) is 10.0. The van der Waals surface area contributed by atoms with Crippen molar-refractivity contribution < 1.29 is 14.3 Å². The molecule has 9 heteroatoms. The highest BCUT2D eigenvalue weighted by atomic mass is 35.5. The molecule has 0 spiro atoms. The van der Waals surface area contributed by atoms with E-state index >= 15 is 0 Å². The molecule has 0 atom stereocenters. The molecule has 1 aromatic carbocycles. The first-order valence-corrected chi connectivity index (χ1v) is 11.2. The van der Waals surface area contributed by atoms with Crippen LogP contribution >= 0.6 is 22.9 Å². The number of thiazole rings is 1. The zero-order valence-electron chi connectivity index (χ0n) is 17.3. The van der Waals surface area contributed by atoms with Gasteiger partial charge in [-0.25, -0.2) is 4.98 Å². The summed E-state index contributed by atoms with van der Waals surface area (Å²) in [5, 5.41) is 3.86. The highest BCUT2D eigenvalue weighted by Crippen LogP contribution is 2.21. The van der Waals surface area contributed by atoms with Gasteiger partial charge in [-0.1, -0.05) is 17.7 Å². The zero-order chi connectivity index (χ0) is 21.5. The minimum absolute atomic E-state index is 0.0356. The Hall–Kier alpha value is -2.00. The minimum Gasteiger partial charge on any atom is -0.379 e. The average molecular weight is 451 g/mol. The van der Waals surface area contributed by atoms with Gasteiger partial charge in [0, 0.05) is 41.6 Å². The maximum absolute atomic E-state index is 13.1. The van der Waals surface area contributed by atoms with Gasteiger partial charge >= 0.3 is 0 Å². The maximum Gasteiger partial charge on any atom is 0.254 e. The van der Waals surface area contributed by atoms with Gasteiger partial charge in [0.2, 0.25) is 5.91 Å². The summed E-state index contributed by atoms with van der Waals surface area (Å²) in [7, 11) is 0. The predicted molar refractivity (Wildman–Crippen MR) is 119 cm³/mol. The van der Waals surface area contributed by atoms with Crippen molar-refractivity contribution in [2.45, 2.75) is 20.3 Å². The van der Waals surface area contributed by atoms with Gasteiger partial charge in [0.15, 0.2) is 5.13 Å². The van der Waals surface area contributed by atoms with Gasteiger partial charge in [-0.2, -0.15) is 0 Å². The lowest BCUT2D eigenvalue weighted by atomic mass is 10.2. The second-order valence-electron chi connectivity index (χ2n) is 7.25. The lowest BCUT2D eigenvalue weighted by molar-refractivity contribution is -0.116. The standard InChI is InChI=1S/C21H27ClN4O3S/c1-15-16(2)30-21(23-15)24-19(27)14-26(8-4-7-25-9-11-29-12-10-25)20(28)17-5-3-6-18(22)13-17/h3,5-6,13H,4,7-12,14H2,1-2H3,(H,23,24,27). The van der Waals surface area contributed by atoms with Gasteiger partial charge < -0.3 is 15.0 Å². The van der Waals surface area contributed by atoms with E-state index in [2.05, 4.69) is 15.2 Å². The van der Waals surface area contributed by atoms with Gasteiger partial charge in [0.25, 0.3) is 5.91 Å². The van der Waals surface area contributed by atoms with Crippen LogP contribution in [-0.2, 0) is 9.53 Å². The monoisotopic (exact) mass is 450 g/mol. The van der Waals surface area contributed by atoms with E-state index in [1.54, 1.807) is 29.2 Å². The van der Waals surface area contributed by atoms with E-state index < -0.39 is 0 Å². The third-order valence-corrected chi connectivity index (χ3v) is 6.20. The van der Waals surface area contributed by atoms with Gasteiger partial charge in [-0.15, -0.1) is 11.3 Å². The van der Waals surface area contributed by atoms with Crippen molar-refractivity contribution in [2.75, 3.05) is 51.3 Å². The molecule has 7 nitrogen and oxygen atoms in total. The molecule has 1 aromatic heterocycles. The number of morpholine rings is 1. The van der Waals surface area contributed by atoms with E-state index in [4.69, 9.17) is 16.3 Å². The topological polar surface area (TPSA) is 74.8 Å². The summed E-state index contributed by atoms with van der Waals surface area (Å²) in [6, 6.07) is 6.81. The van der Waals surface area contributed by atoms with Crippen molar-refractivity contribution >= 4 is 39.9 Å². The molecule has 0 saturated carbocycles. The Bertz CT molecular complexity index is 863. The van der Waals surface area contributed by atoms with E-state index in [9.17, 15) is 9.59 Å². The third-order valence-electron chi connectivity index (χ3n) is 4.97. The number of carbonyl (C=O) groups excluding carboxylic acids is 2. The Labute approximate surface area is 186 Å². The third kappa shape index (κ3) is 6.50. The number of amides is 2. The Kier molecular flexibility index (Phi) is 8.21. The molecule has 2 amide bonds. The fraction of sp³-hybridized carbons (Fsp3) is 0.476. The van der Waals surface area contributed by atoms with Crippen LogP contribution < -0.4 is 5.32 Å². The number of aromatic nitrogens is 1. The lowest BCUT2D eigenvalue weighted by Crippen LogP contribution is -2.41. The van der Waals surface area contributed by atoms with E-state index in [0.29, 0.717) is 22.3 Å². The second kappa shape index (κ2) is 10.9. The van der Waals surface area contributed by atoms with Crippen LogP contribution in [0.3, 0.4) is 0 Å². The number of halogens is 1. The summed E-state index contributed by atoms with van der Waals surface area (Å²) in [6.07, 6.45) is 0.773. The van der Waals surface area contributed by atoms with Crippen molar-refractivity contribution in [3.63, 3.8) is 0 Å². The Morgan fingerprint density at radius 1 is 1.30 bits per heavy atom. The number of nitrogens with one attached hydrogen (secondary N) is 1. The minimum atomic E-state index is -0.259. The molecular weight excluding hydrogens is 424 g/mol. The lowest BCUT2D eigenvalue weighted by Gasteiger charge is -2.28. The van der Waals surface area contributed by atoms with Crippen molar-refractivity contribution in [2.24, 2.45) is 0 Å². The Morgan fingerprint density at radius 2 is 2.07 bits per heavy atom. The Balaban J connectivity index is 1.64. The summed E-state index contributed by atoms with van der Waals surface area (Å²) in [6.45, 7) is 8.43. The molecule has 1 fully saturated rings. The Morgan fingerprint density at radius 3 is 2.73 bits per heavy atom. The van der Waals surface area contributed by atoms with E-state index in [1.807, 2.05) is 13.8 Å². The molecule has 0 radical (unpaired) electrons. The van der Waals surface area contributed by atoms with E-state index in [1.165, 1.54) is 11.3 Å². The molecule has 0 bridgehead atoms. The van der Waals surface area contributed by atoms with Gasteiger partial charge in [-0.05, 0) is 38.5 Å². The van der Waals surface area contributed by atoms with Crippen molar-refractivity contribution in [3.8, 4) is 0 Å².